The van der Waals surface area contributed by atoms with Gasteiger partial charge in [-0.1, -0.05) is 0 Å². The molecule has 82 valence electrons. The van der Waals surface area contributed by atoms with E-state index in [-0.39, 0.29) is 38.0 Å². The maximum atomic E-state index is 8.61. The van der Waals surface area contributed by atoms with Crippen molar-refractivity contribution in [2.24, 2.45) is 0 Å². The molecular formula is C8H14O6. The first-order valence-corrected chi connectivity index (χ1v) is 4.55. The van der Waals surface area contributed by atoms with Gasteiger partial charge in [0.15, 0.2) is 0 Å². The van der Waals surface area contributed by atoms with Gasteiger partial charge in [0.1, 0.15) is 38.0 Å². The largest absolute Gasteiger partial charge is 0.371 e. The van der Waals surface area contributed by atoms with Gasteiger partial charge in [0.2, 0.25) is 0 Å². The molecule has 0 aromatic carbocycles. The zero-order chi connectivity index (χ0) is 9.97. The topological polar surface area (TPSA) is 77.4 Å². The number of aliphatic hydroxyl groups excluding tert-OH is 2. The van der Waals surface area contributed by atoms with Crippen molar-refractivity contribution in [1.29, 1.82) is 0 Å². The third-order valence-corrected chi connectivity index (χ3v) is 2.54. The molecule has 2 aliphatic heterocycles. The van der Waals surface area contributed by atoms with Gasteiger partial charge in [0, 0.05) is 0 Å². The average molecular weight is 206 g/mol. The molecular weight excluding hydrogens is 192 g/mol. The van der Waals surface area contributed by atoms with Gasteiger partial charge in [-0.05, 0) is 0 Å². The van der Waals surface area contributed by atoms with Crippen LogP contribution in [0.4, 0.5) is 0 Å². The van der Waals surface area contributed by atoms with E-state index in [1.165, 1.54) is 0 Å². The molecule has 2 rings (SSSR count). The Hall–Kier alpha value is -0.240. The number of ether oxygens (including phenoxy) is 4. The average Bonchev–Trinajstić information content (AvgIpc) is 2.72. The normalized spacial score (nSPS) is 41.6. The van der Waals surface area contributed by atoms with Gasteiger partial charge in [-0.3, -0.25) is 0 Å². The van der Waals surface area contributed by atoms with Crippen molar-refractivity contribution in [3.05, 3.63) is 0 Å². The molecule has 2 aliphatic rings. The second-order valence-corrected chi connectivity index (χ2v) is 3.26. The molecule has 0 spiro atoms. The van der Waals surface area contributed by atoms with Gasteiger partial charge >= 0.3 is 0 Å². The Kier molecular flexibility index (Phi) is 3.32. The first-order valence-electron chi connectivity index (χ1n) is 4.55. The summed E-state index contributed by atoms with van der Waals surface area (Å²) in [6, 6.07) is 0. The van der Waals surface area contributed by atoms with E-state index in [2.05, 4.69) is 0 Å². The van der Waals surface area contributed by atoms with E-state index in [0.29, 0.717) is 13.2 Å². The molecule has 0 bridgehead atoms. The Labute approximate surface area is 81.3 Å². The third kappa shape index (κ3) is 1.77. The Bertz CT molecular complexity index is 167. The number of hydrogen-bond donors (Lipinski definition) is 2. The minimum absolute atomic E-state index is 0.196. The lowest BCUT2D eigenvalue weighted by Gasteiger charge is -2.15. The molecule has 6 heteroatoms. The molecule has 4 atom stereocenters. The van der Waals surface area contributed by atoms with Crippen LogP contribution >= 0.6 is 0 Å². The molecule has 0 aromatic heterocycles. The lowest BCUT2D eigenvalue weighted by atomic mass is 10.1. The first kappa shape index (κ1) is 10.3. The monoisotopic (exact) mass is 206 g/mol. The summed E-state index contributed by atoms with van der Waals surface area (Å²) in [5, 5.41) is 17.2. The van der Waals surface area contributed by atoms with E-state index in [9.17, 15) is 0 Å². The summed E-state index contributed by atoms with van der Waals surface area (Å²) in [4.78, 5) is 0. The minimum atomic E-state index is -0.341. The van der Waals surface area contributed by atoms with E-state index in [4.69, 9.17) is 29.2 Å². The van der Waals surface area contributed by atoms with E-state index in [1.54, 1.807) is 0 Å². The highest BCUT2D eigenvalue weighted by atomic mass is 16.7. The van der Waals surface area contributed by atoms with Crippen molar-refractivity contribution in [3.63, 3.8) is 0 Å². The van der Waals surface area contributed by atoms with Gasteiger partial charge in [-0.15, -0.1) is 0 Å². The minimum Gasteiger partial charge on any atom is -0.371 e. The SMILES string of the molecule is OCOC1COC2C(OCO)COC12. The second-order valence-electron chi connectivity index (χ2n) is 3.26. The fourth-order valence-corrected chi connectivity index (χ4v) is 1.91. The van der Waals surface area contributed by atoms with Crippen molar-refractivity contribution in [1.82, 2.24) is 0 Å². The van der Waals surface area contributed by atoms with Gasteiger partial charge in [0.05, 0.1) is 13.2 Å². The summed E-state index contributed by atoms with van der Waals surface area (Å²) in [7, 11) is 0. The number of fused-ring (bicyclic) bond motifs is 1. The molecule has 2 N–H and O–H groups in total. The molecule has 0 saturated carbocycles. The number of rotatable bonds is 4. The van der Waals surface area contributed by atoms with Crippen molar-refractivity contribution in [2.75, 3.05) is 26.8 Å². The molecule has 0 radical (unpaired) electrons. The standard InChI is InChI=1S/C8H14O6/c9-3-13-5-1-11-8-6(14-4-10)2-12-7(5)8/h5-10H,1-4H2. The predicted octanol–water partition coefficient (Wildman–Crippen LogP) is -1.55. The summed E-state index contributed by atoms with van der Waals surface area (Å²) >= 11 is 0. The molecule has 6 nitrogen and oxygen atoms in total. The van der Waals surface area contributed by atoms with Crippen molar-refractivity contribution in [2.45, 2.75) is 24.4 Å². The van der Waals surface area contributed by atoms with Crippen LogP contribution in [0.25, 0.3) is 0 Å². The molecule has 2 saturated heterocycles. The van der Waals surface area contributed by atoms with Crippen LogP contribution in [0.15, 0.2) is 0 Å². The van der Waals surface area contributed by atoms with Crippen LogP contribution < -0.4 is 0 Å². The lowest BCUT2D eigenvalue weighted by molar-refractivity contribution is -0.105. The summed E-state index contributed by atoms with van der Waals surface area (Å²) in [6.07, 6.45) is -0.869. The highest BCUT2D eigenvalue weighted by Gasteiger charge is 2.48. The molecule has 0 amide bonds. The van der Waals surface area contributed by atoms with Crippen LogP contribution in [0.3, 0.4) is 0 Å². The van der Waals surface area contributed by atoms with Crippen LogP contribution in [-0.4, -0.2) is 61.4 Å². The van der Waals surface area contributed by atoms with Crippen LogP contribution in [0.2, 0.25) is 0 Å². The molecule has 14 heavy (non-hydrogen) atoms. The molecule has 2 heterocycles. The lowest BCUT2D eigenvalue weighted by Crippen LogP contribution is -2.34. The summed E-state index contributed by atoms with van der Waals surface area (Å²) in [6.45, 7) is 0.0978. The third-order valence-electron chi connectivity index (χ3n) is 2.54. The highest BCUT2D eigenvalue weighted by molar-refractivity contribution is 4.95. The molecule has 2 fully saturated rings. The second kappa shape index (κ2) is 4.52. The van der Waals surface area contributed by atoms with Gasteiger partial charge in [-0.2, -0.15) is 0 Å². The fraction of sp³-hybridized carbons (Fsp3) is 1.00. The van der Waals surface area contributed by atoms with Crippen molar-refractivity contribution < 1.29 is 29.2 Å². The van der Waals surface area contributed by atoms with E-state index < -0.39 is 0 Å². The van der Waals surface area contributed by atoms with Crippen LogP contribution in [0.1, 0.15) is 0 Å². The smallest absolute Gasteiger partial charge is 0.144 e. The summed E-state index contributed by atoms with van der Waals surface area (Å²) in [5.41, 5.74) is 0. The Morgan fingerprint density at radius 3 is 1.71 bits per heavy atom. The summed E-state index contributed by atoms with van der Waals surface area (Å²) in [5.74, 6) is 0. The van der Waals surface area contributed by atoms with E-state index in [1.807, 2.05) is 0 Å². The zero-order valence-corrected chi connectivity index (χ0v) is 7.67. The van der Waals surface area contributed by atoms with Gasteiger partial charge in [0.25, 0.3) is 0 Å². The molecule has 4 unspecified atom stereocenters. The molecule has 0 aromatic rings. The highest BCUT2D eigenvalue weighted by Crippen LogP contribution is 2.30. The van der Waals surface area contributed by atoms with Gasteiger partial charge in [-0.25, -0.2) is 0 Å². The van der Waals surface area contributed by atoms with Crippen molar-refractivity contribution in [3.8, 4) is 0 Å². The molecule has 0 aliphatic carbocycles. The van der Waals surface area contributed by atoms with Gasteiger partial charge < -0.3 is 29.2 Å². The van der Waals surface area contributed by atoms with E-state index in [0.717, 1.165) is 0 Å². The Balaban J connectivity index is 1.90. The zero-order valence-electron chi connectivity index (χ0n) is 7.67. The summed E-state index contributed by atoms with van der Waals surface area (Å²) < 4.78 is 20.9. The maximum Gasteiger partial charge on any atom is 0.144 e. The number of aliphatic hydroxyl groups is 2. The quantitative estimate of drug-likeness (QED) is 0.542. The fourth-order valence-electron chi connectivity index (χ4n) is 1.91. The maximum absolute atomic E-state index is 8.61. The van der Waals surface area contributed by atoms with Crippen molar-refractivity contribution >= 4 is 0 Å². The van der Waals surface area contributed by atoms with Crippen LogP contribution in [-0.2, 0) is 18.9 Å². The van der Waals surface area contributed by atoms with Crippen LogP contribution in [0, 0.1) is 0 Å². The number of hydrogen-bond acceptors (Lipinski definition) is 6. The van der Waals surface area contributed by atoms with Crippen LogP contribution in [0.5, 0.6) is 0 Å². The predicted molar refractivity (Wildman–Crippen MR) is 43.4 cm³/mol. The Morgan fingerprint density at radius 1 is 0.929 bits per heavy atom. The Morgan fingerprint density at radius 2 is 1.36 bits per heavy atom. The van der Waals surface area contributed by atoms with E-state index >= 15 is 0 Å². The first-order chi connectivity index (χ1) is 6.86.